The first-order valence-corrected chi connectivity index (χ1v) is 6.46. The summed E-state index contributed by atoms with van der Waals surface area (Å²) in [7, 11) is 0. The molecule has 0 fully saturated rings. The van der Waals surface area contributed by atoms with Crippen molar-refractivity contribution in [3.63, 3.8) is 0 Å². The summed E-state index contributed by atoms with van der Waals surface area (Å²) in [6, 6.07) is 12.8. The van der Waals surface area contributed by atoms with Gasteiger partial charge in [0.1, 0.15) is 0 Å². The van der Waals surface area contributed by atoms with Gasteiger partial charge in [-0.25, -0.2) is 0 Å². The zero-order chi connectivity index (χ0) is 13.0. The van der Waals surface area contributed by atoms with Crippen LogP contribution in [0.2, 0.25) is 0 Å². The van der Waals surface area contributed by atoms with E-state index in [1.807, 2.05) is 6.20 Å². The predicted molar refractivity (Wildman–Crippen MR) is 76.5 cm³/mol. The van der Waals surface area contributed by atoms with E-state index in [0.29, 0.717) is 12.5 Å². The normalized spacial score (nSPS) is 10.9. The molecule has 1 heterocycles. The molecular formula is C16H20N2. The number of nitrogens with two attached hydrogens (primary N) is 1. The Morgan fingerprint density at radius 1 is 1.06 bits per heavy atom. The molecule has 0 amide bonds. The topological polar surface area (TPSA) is 38.9 Å². The van der Waals surface area contributed by atoms with Gasteiger partial charge >= 0.3 is 0 Å². The number of hydrogen-bond acceptors (Lipinski definition) is 2. The van der Waals surface area contributed by atoms with E-state index in [0.717, 1.165) is 12.1 Å². The second-order valence-corrected chi connectivity index (χ2v) is 4.87. The zero-order valence-corrected chi connectivity index (χ0v) is 11.1. The van der Waals surface area contributed by atoms with Crippen LogP contribution in [0.4, 0.5) is 0 Å². The quantitative estimate of drug-likeness (QED) is 0.889. The Morgan fingerprint density at radius 3 is 2.28 bits per heavy atom. The molecule has 0 aliphatic heterocycles. The van der Waals surface area contributed by atoms with Crippen molar-refractivity contribution < 1.29 is 0 Å². The van der Waals surface area contributed by atoms with Crippen LogP contribution < -0.4 is 5.73 Å². The molecule has 0 unspecified atom stereocenters. The average Bonchev–Trinajstić information content (AvgIpc) is 2.40. The molecule has 0 aliphatic carbocycles. The Hall–Kier alpha value is -1.67. The smallest absolute Gasteiger partial charge is 0.0702 e. The third kappa shape index (κ3) is 2.96. The highest BCUT2D eigenvalue weighted by molar-refractivity contribution is 5.59. The minimum Gasteiger partial charge on any atom is -0.330 e. The number of benzene rings is 1. The van der Waals surface area contributed by atoms with E-state index >= 15 is 0 Å². The number of rotatable bonds is 4. The maximum Gasteiger partial charge on any atom is 0.0702 e. The third-order valence-corrected chi connectivity index (χ3v) is 3.13. The van der Waals surface area contributed by atoms with Crippen LogP contribution in [-0.2, 0) is 6.42 Å². The van der Waals surface area contributed by atoms with Crippen molar-refractivity contribution in [2.75, 3.05) is 6.54 Å². The molecule has 0 aliphatic rings. The molecular weight excluding hydrogens is 220 g/mol. The Labute approximate surface area is 109 Å². The molecule has 0 radical (unpaired) electrons. The average molecular weight is 240 g/mol. The number of hydrogen-bond donors (Lipinski definition) is 1. The summed E-state index contributed by atoms with van der Waals surface area (Å²) in [5.74, 6) is 0.568. The van der Waals surface area contributed by atoms with E-state index in [1.165, 1.54) is 16.7 Å². The molecule has 0 saturated carbocycles. The fourth-order valence-corrected chi connectivity index (χ4v) is 1.95. The summed E-state index contributed by atoms with van der Waals surface area (Å²) < 4.78 is 0. The lowest BCUT2D eigenvalue weighted by atomic mass is 10.0. The molecule has 18 heavy (non-hydrogen) atoms. The van der Waals surface area contributed by atoms with E-state index in [1.54, 1.807) is 0 Å². The first-order chi connectivity index (χ1) is 8.70. The second kappa shape index (κ2) is 5.78. The molecule has 94 valence electrons. The highest BCUT2D eigenvalue weighted by Crippen LogP contribution is 2.21. The van der Waals surface area contributed by atoms with Gasteiger partial charge in [0.05, 0.1) is 5.69 Å². The van der Waals surface area contributed by atoms with Crippen molar-refractivity contribution in [3.8, 4) is 11.3 Å². The Morgan fingerprint density at radius 2 is 1.78 bits per heavy atom. The Kier molecular flexibility index (Phi) is 4.11. The first-order valence-electron chi connectivity index (χ1n) is 6.46. The van der Waals surface area contributed by atoms with Gasteiger partial charge in [-0.15, -0.1) is 0 Å². The lowest BCUT2D eigenvalue weighted by Gasteiger charge is -2.07. The van der Waals surface area contributed by atoms with Crippen LogP contribution in [-0.4, -0.2) is 11.5 Å². The van der Waals surface area contributed by atoms with E-state index in [2.05, 4.69) is 55.2 Å². The minimum absolute atomic E-state index is 0.568. The lowest BCUT2D eigenvalue weighted by molar-refractivity contribution is 0.867. The fraction of sp³-hybridized carbons (Fsp3) is 0.312. The largest absolute Gasteiger partial charge is 0.330 e. The van der Waals surface area contributed by atoms with E-state index in [4.69, 9.17) is 5.73 Å². The molecule has 0 saturated heterocycles. The first kappa shape index (κ1) is 12.8. The van der Waals surface area contributed by atoms with Gasteiger partial charge in [-0.2, -0.15) is 0 Å². The van der Waals surface area contributed by atoms with Gasteiger partial charge in [0.25, 0.3) is 0 Å². The lowest BCUT2D eigenvalue weighted by Crippen LogP contribution is -2.02. The Balaban J connectivity index is 2.20. The highest BCUT2D eigenvalue weighted by Gasteiger charge is 2.02. The summed E-state index contributed by atoms with van der Waals surface area (Å²) >= 11 is 0. The third-order valence-electron chi connectivity index (χ3n) is 3.13. The van der Waals surface area contributed by atoms with Crippen LogP contribution >= 0.6 is 0 Å². The Bertz CT molecular complexity index is 484. The van der Waals surface area contributed by atoms with Crippen LogP contribution in [0.5, 0.6) is 0 Å². The maximum atomic E-state index is 5.53. The van der Waals surface area contributed by atoms with Crippen LogP contribution in [0, 0.1) is 0 Å². The molecule has 1 aromatic carbocycles. The van der Waals surface area contributed by atoms with Crippen molar-refractivity contribution in [3.05, 3.63) is 53.7 Å². The van der Waals surface area contributed by atoms with Crippen molar-refractivity contribution in [1.82, 2.24) is 4.98 Å². The van der Waals surface area contributed by atoms with Gasteiger partial charge in [0, 0.05) is 11.8 Å². The molecule has 1 aromatic heterocycles. The molecule has 2 heteroatoms. The molecule has 2 rings (SSSR count). The molecule has 2 N–H and O–H groups in total. The van der Waals surface area contributed by atoms with Gasteiger partial charge in [-0.05, 0) is 36.1 Å². The monoisotopic (exact) mass is 240 g/mol. The number of aromatic nitrogens is 1. The summed E-state index contributed by atoms with van der Waals surface area (Å²) in [6.45, 7) is 5.08. The molecule has 0 atom stereocenters. The molecule has 0 spiro atoms. The van der Waals surface area contributed by atoms with Gasteiger partial charge in [-0.3, -0.25) is 4.98 Å². The predicted octanol–water partition coefficient (Wildman–Crippen LogP) is 3.37. The molecule has 0 bridgehead atoms. The van der Waals surface area contributed by atoms with E-state index < -0.39 is 0 Å². The summed E-state index contributed by atoms with van der Waals surface area (Å²) in [4.78, 5) is 4.49. The van der Waals surface area contributed by atoms with Gasteiger partial charge in [0.2, 0.25) is 0 Å². The van der Waals surface area contributed by atoms with E-state index in [9.17, 15) is 0 Å². The SMILES string of the molecule is CC(C)c1ccc(-c2ccc(CCN)cn2)cc1. The molecule has 2 aromatic rings. The van der Waals surface area contributed by atoms with Crippen LogP contribution in [0.1, 0.15) is 30.9 Å². The minimum atomic E-state index is 0.568. The zero-order valence-electron chi connectivity index (χ0n) is 11.1. The fourth-order valence-electron chi connectivity index (χ4n) is 1.95. The van der Waals surface area contributed by atoms with Crippen molar-refractivity contribution in [1.29, 1.82) is 0 Å². The number of nitrogens with zero attached hydrogens (tertiary/aromatic N) is 1. The summed E-state index contributed by atoms with van der Waals surface area (Å²) in [6.07, 6.45) is 2.80. The number of pyridine rings is 1. The van der Waals surface area contributed by atoms with Crippen molar-refractivity contribution >= 4 is 0 Å². The van der Waals surface area contributed by atoms with E-state index in [-0.39, 0.29) is 0 Å². The highest BCUT2D eigenvalue weighted by atomic mass is 14.7. The molecule has 2 nitrogen and oxygen atoms in total. The van der Waals surface area contributed by atoms with Gasteiger partial charge < -0.3 is 5.73 Å². The van der Waals surface area contributed by atoms with Crippen LogP contribution in [0.15, 0.2) is 42.6 Å². The van der Waals surface area contributed by atoms with Crippen molar-refractivity contribution in [2.24, 2.45) is 5.73 Å². The summed E-state index contributed by atoms with van der Waals surface area (Å²) in [5, 5.41) is 0. The van der Waals surface area contributed by atoms with Crippen LogP contribution in [0.3, 0.4) is 0 Å². The summed E-state index contributed by atoms with van der Waals surface area (Å²) in [5.41, 5.74) is 10.3. The van der Waals surface area contributed by atoms with Crippen LogP contribution in [0.25, 0.3) is 11.3 Å². The van der Waals surface area contributed by atoms with Gasteiger partial charge in [0.15, 0.2) is 0 Å². The maximum absolute atomic E-state index is 5.53. The second-order valence-electron chi connectivity index (χ2n) is 4.87. The van der Waals surface area contributed by atoms with Crippen molar-refractivity contribution in [2.45, 2.75) is 26.2 Å². The standard InChI is InChI=1S/C16H20N2/c1-12(2)14-4-6-15(7-5-14)16-8-3-13(9-10-17)11-18-16/h3-8,11-12H,9-10,17H2,1-2H3. The van der Waals surface area contributed by atoms with Gasteiger partial charge in [-0.1, -0.05) is 44.2 Å².